The van der Waals surface area contributed by atoms with E-state index in [1.807, 2.05) is 6.92 Å². The molecule has 0 aromatic carbocycles. The zero-order valence-electron chi connectivity index (χ0n) is 13.1. The maximum atomic E-state index is 11.1. The second kappa shape index (κ2) is 7.27. The Balaban J connectivity index is 2.86. The first kappa shape index (κ1) is 16.5. The highest BCUT2D eigenvalue weighted by Crippen LogP contribution is 2.21. The van der Waals surface area contributed by atoms with Gasteiger partial charge in [0.15, 0.2) is 0 Å². The van der Waals surface area contributed by atoms with Crippen LogP contribution < -0.4 is 5.32 Å². The zero-order chi connectivity index (χ0) is 15.3. The lowest BCUT2D eigenvalue weighted by atomic mass is 9.85. The van der Waals surface area contributed by atoms with Crippen LogP contribution in [0.3, 0.4) is 0 Å². The van der Waals surface area contributed by atoms with Crippen molar-refractivity contribution in [1.82, 2.24) is 4.98 Å². The molecule has 112 valence electrons. The number of hydrogen-bond donors (Lipinski definition) is 2. The lowest BCUT2D eigenvalue weighted by molar-refractivity contribution is 0.0696. The molecule has 0 spiro atoms. The highest BCUT2D eigenvalue weighted by molar-refractivity contribution is 5.88. The number of aryl methyl sites for hydroxylation is 1. The van der Waals surface area contributed by atoms with Gasteiger partial charge in [-0.25, -0.2) is 9.78 Å². The molecule has 0 bridgehead atoms. The van der Waals surface area contributed by atoms with E-state index in [-0.39, 0.29) is 0 Å². The Morgan fingerprint density at radius 1 is 1.25 bits per heavy atom. The highest BCUT2D eigenvalue weighted by atomic mass is 16.4. The average molecular weight is 278 g/mol. The molecule has 0 radical (unpaired) electrons. The van der Waals surface area contributed by atoms with Crippen molar-refractivity contribution in [2.45, 2.75) is 41.0 Å². The number of hydrogen-bond acceptors (Lipinski definition) is 3. The summed E-state index contributed by atoms with van der Waals surface area (Å²) in [5, 5.41) is 12.4. The van der Waals surface area contributed by atoms with Gasteiger partial charge in [-0.15, -0.1) is 0 Å². The van der Waals surface area contributed by atoms with Gasteiger partial charge in [-0.1, -0.05) is 34.6 Å². The molecule has 1 rings (SSSR count). The summed E-state index contributed by atoms with van der Waals surface area (Å²) in [5.41, 5.74) is 1.10. The van der Waals surface area contributed by atoms with Crippen molar-refractivity contribution in [2.24, 2.45) is 17.8 Å². The molecule has 0 amide bonds. The summed E-state index contributed by atoms with van der Waals surface area (Å²) in [6.07, 6.45) is 0.730. The third-order valence-electron chi connectivity index (χ3n) is 3.72. The minimum atomic E-state index is -0.908. The van der Waals surface area contributed by atoms with E-state index in [4.69, 9.17) is 5.11 Å². The molecule has 0 unspecified atom stereocenters. The molecule has 0 atom stereocenters. The van der Waals surface area contributed by atoms with E-state index < -0.39 is 5.97 Å². The molecule has 1 aromatic heterocycles. The molecule has 20 heavy (non-hydrogen) atoms. The Morgan fingerprint density at radius 3 is 2.30 bits per heavy atom. The number of carboxylic acid groups (broad SMARTS) is 1. The van der Waals surface area contributed by atoms with Crippen LogP contribution in [-0.2, 0) is 6.42 Å². The summed E-state index contributed by atoms with van der Waals surface area (Å²) in [6.45, 7) is 11.6. The Kier molecular flexibility index (Phi) is 5.99. The van der Waals surface area contributed by atoms with E-state index in [9.17, 15) is 4.79 Å². The van der Waals surface area contributed by atoms with Crippen LogP contribution in [0.2, 0.25) is 0 Å². The number of anilines is 1. The summed E-state index contributed by atoms with van der Waals surface area (Å²) in [4.78, 5) is 15.6. The van der Waals surface area contributed by atoms with E-state index in [0.717, 1.165) is 18.7 Å². The fraction of sp³-hybridized carbons (Fsp3) is 0.625. The van der Waals surface area contributed by atoms with E-state index >= 15 is 0 Å². The second-order valence-electron chi connectivity index (χ2n) is 5.92. The van der Waals surface area contributed by atoms with Gasteiger partial charge in [0.1, 0.15) is 5.82 Å². The lowest BCUT2D eigenvalue weighted by Gasteiger charge is -2.25. The van der Waals surface area contributed by atoms with E-state index in [0.29, 0.717) is 29.1 Å². The molecule has 4 nitrogen and oxygen atoms in total. The quantitative estimate of drug-likeness (QED) is 0.798. The molecule has 0 saturated heterocycles. The second-order valence-corrected chi connectivity index (χ2v) is 5.92. The zero-order valence-corrected chi connectivity index (χ0v) is 13.1. The van der Waals surface area contributed by atoms with Gasteiger partial charge < -0.3 is 10.4 Å². The number of aromatic nitrogens is 1. The molecule has 4 heteroatoms. The summed E-state index contributed by atoms with van der Waals surface area (Å²) in [7, 11) is 0. The number of rotatable bonds is 7. The standard InChI is InChI=1S/C16H26N2O2/c1-6-13-7-12(16(19)20)8-15(18-13)17-9-14(10(2)3)11(4)5/h7-8,10-11,14H,6,9H2,1-5H3,(H,17,18)(H,19,20). The molecule has 0 fully saturated rings. The van der Waals surface area contributed by atoms with Gasteiger partial charge >= 0.3 is 5.97 Å². The number of carbonyl (C=O) groups is 1. The Bertz CT molecular complexity index is 448. The Hall–Kier alpha value is -1.58. The Morgan fingerprint density at radius 2 is 1.85 bits per heavy atom. The SMILES string of the molecule is CCc1cc(C(=O)O)cc(NCC(C(C)C)C(C)C)n1. The third-order valence-corrected chi connectivity index (χ3v) is 3.72. The van der Waals surface area contributed by atoms with Crippen molar-refractivity contribution < 1.29 is 9.90 Å². The van der Waals surface area contributed by atoms with Gasteiger partial charge in [0.25, 0.3) is 0 Å². The molecule has 0 aliphatic heterocycles. The smallest absolute Gasteiger partial charge is 0.335 e. The van der Waals surface area contributed by atoms with Gasteiger partial charge in [-0.05, 0) is 36.3 Å². The fourth-order valence-electron chi connectivity index (χ4n) is 2.45. The molecular formula is C16H26N2O2. The molecule has 1 aromatic rings. The molecular weight excluding hydrogens is 252 g/mol. The lowest BCUT2D eigenvalue weighted by Crippen LogP contribution is -2.25. The molecule has 1 heterocycles. The van der Waals surface area contributed by atoms with Crippen LogP contribution in [0.25, 0.3) is 0 Å². The van der Waals surface area contributed by atoms with E-state index in [1.165, 1.54) is 0 Å². The number of nitrogens with zero attached hydrogens (tertiary/aromatic N) is 1. The normalized spacial score (nSPS) is 11.4. The summed E-state index contributed by atoms with van der Waals surface area (Å²) in [6, 6.07) is 3.25. The number of nitrogens with one attached hydrogen (secondary N) is 1. The van der Waals surface area contributed by atoms with Crippen LogP contribution >= 0.6 is 0 Å². The molecule has 0 aliphatic carbocycles. The molecule has 2 N–H and O–H groups in total. The van der Waals surface area contributed by atoms with Crippen molar-refractivity contribution in [1.29, 1.82) is 0 Å². The summed E-state index contributed by atoms with van der Waals surface area (Å²) < 4.78 is 0. The van der Waals surface area contributed by atoms with E-state index in [2.05, 4.69) is 38.0 Å². The van der Waals surface area contributed by atoms with Gasteiger partial charge in [0, 0.05) is 12.2 Å². The first-order valence-electron chi connectivity index (χ1n) is 7.33. The fourth-order valence-corrected chi connectivity index (χ4v) is 2.45. The van der Waals surface area contributed by atoms with Crippen LogP contribution in [0.1, 0.15) is 50.7 Å². The molecule has 0 aliphatic rings. The monoisotopic (exact) mass is 278 g/mol. The average Bonchev–Trinajstić information content (AvgIpc) is 2.37. The minimum absolute atomic E-state index is 0.296. The van der Waals surface area contributed by atoms with Gasteiger partial charge in [-0.2, -0.15) is 0 Å². The number of aromatic carboxylic acids is 1. The van der Waals surface area contributed by atoms with Gasteiger partial charge in [-0.3, -0.25) is 0 Å². The number of carboxylic acids is 1. The first-order chi connectivity index (χ1) is 9.35. The summed E-state index contributed by atoms with van der Waals surface area (Å²) >= 11 is 0. The Labute approximate surface area is 121 Å². The van der Waals surface area contributed by atoms with Crippen molar-refractivity contribution in [3.05, 3.63) is 23.4 Å². The topological polar surface area (TPSA) is 62.2 Å². The van der Waals surface area contributed by atoms with Crippen LogP contribution in [0, 0.1) is 17.8 Å². The van der Waals surface area contributed by atoms with Gasteiger partial charge in [0.2, 0.25) is 0 Å². The van der Waals surface area contributed by atoms with Crippen molar-refractivity contribution in [3.8, 4) is 0 Å². The van der Waals surface area contributed by atoms with Crippen LogP contribution in [0.5, 0.6) is 0 Å². The third kappa shape index (κ3) is 4.51. The maximum absolute atomic E-state index is 11.1. The predicted octanol–water partition coefficient (Wildman–Crippen LogP) is 3.68. The van der Waals surface area contributed by atoms with Gasteiger partial charge in [0.05, 0.1) is 5.56 Å². The summed E-state index contributed by atoms with van der Waals surface area (Å²) in [5.74, 6) is 1.45. The van der Waals surface area contributed by atoms with Crippen LogP contribution in [0.15, 0.2) is 12.1 Å². The van der Waals surface area contributed by atoms with Crippen molar-refractivity contribution >= 4 is 11.8 Å². The molecule has 0 saturated carbocycles. The highest BCUT2D eigenvalue weighted by Gasteiger charge is 2.17. The first-order valence-corrected chi connectivity index (χ1v) is 7.33. The number of pyridine rings is 1. The van der Waals surface area contributed by atoms with E-state index in [1.54, 1.807) is 12.1 Å². The minimum Gasteiger partial charge on any atom is -0.478 e. The van der Waals surface area contributed by atoms with Crippen LogP contribution in [-0.4, -0.2) is 22.6 Å². The predicted molar refractivity (Wildman–Crippen MR) is 82.2 cm³/mol. The van der Waals surface area contributed by atoms with Crippen LogP contribution in [0.4, 0.5) is 5.82 Å². The largest absolute Gasteiger partial charge is 0.478 e. The van der Waals surface area contributed by atoms with Crippen molar-refractivity contribution in [3.63, 3.8) is 0 Å². The van der Waals surface area contributed by atoms with Crippen molar-refractivity contribution in [2.75, 3.05) is 11.9 Å². The maximum Gasteiger partial charge on any atom is 0.335 e.